The maximum absolute atomic E-state index is 3.62. The normalized spacial score (nSPS) is 22.7. The monoisotopic (exact) mass is 321 g/mol. The zero-order valence-corrected chi connectivity index (χ0v) is 13.3. The molecule has 19 heavy (non-hydrogen) atoms. The first-order chi connectivity index (χ1) is 9.33. The van der Waals surface area contributed by atoms with Gasteiger partial charge < -0.3 is 4.90 Å². The molecule has 2 heteroatoms. The van der Waals surface area contributed by atoms with Crippen molar-refractivity contribution in [2.24, 2.45) is 5.41 Å². The van der Waals surface area contributed by atoms with Crippen LogP contribution in [0.3, 0.4) is 0 Å². The van der Waals surface area contributed by atoms with Gasteiger partial charge in [0.05, 0.1) is 0 Å². The van der Waals surface area contributed by atoms with E-state index in [1.807, 2.05) is 0 Å². The molecule has 1 heterocycles. The Hall–Kier alpha value is -0.500. The topological polar surface area (TPSA) is 3.24 Å². The number of hydrogen-bond donors (Lipinski definition) is 0. The molecule has 3 rings (SSSR count). The molecule has 0 bridgehead atoms. The second-order valence-electron chi connectivity index (χ2n) is 6.31. The number of anilines is 1. The molecule has 1 saturated heterocycles. The maximum Gasteiger partial charge on any atom is 0.0407 e. The predicted molar refractivity (Wildman–Crippen MR) is 86.0 cm³/mol. The molecule has 2 aliphatic rings. The van der Waals surface area contributed by atoms with E-state index in [1.165, 1.54) is 69.3 Å². The van der Waals surface area contributed by atoms with Gasteiger partial charge in [-0.1, -0.05) is 53.4 Å². The molecule has 1 aromatic carbocycles. The van der Waals surface area contributed by atoms with Crippen molar-refractivity contribution in [1.29, 1.82) is 0 Å². The van der Waals surface area contributed by atoms with Gasteiger partial charge in [0.25, 0.3) is 0 Å². The summed E-state index contributed by atoms with van der Waals surface area (Å²) >= 11 is 3.62. The molecule has 2 fully saturated rings. The van der Waals surface area contributed by atoms with Gasteiger partial charge in [-0.2, -0.15) is 0 Å². The molecule has 0 unspecified atom stereocenters. The Morgan fingerprint density at radius 3 is 2.32 bits per heavy atom. The number of para-hydroxylation sites is 1. The van der Waals surface area contributed by atoms with Gasteiger partial charge in [-0.05, 0) is 42.7 Å². The summed E-state index contributed by atoms with van der Waals surface area (Å²) < 4.78 is 0. The summed E-state index contributed by atoms with van der Waals surface area (Å²) in [6, 6.07) is 8.85. The smallest absolute Gasteiger partial charge is 0.0407 e. The molecule has 1 saturated carbocycles. The summed E-state index contributed by atoms with van der Waals surface area (Å²) in [6.45, 7) is 2.51. The molecule has 0 radical (unpaired) electrons. The van der Waals surface area contributed by atoms with E-state index >= 15 is 0 Å². The van der Waals surface area contributed by atoms with Crippen LogP contribution in [0.25, 0.3) is 0 Å². The van der Waals surface area contributed by atoms with Crippen LogP contribution in [0.15, 0.2) is 24.3 Å². The highest BCUT2D eigenvalue weighted by atomic mass is 79.9. The summed E-state index contributed by atoms with van der Waals surface area (Å²) in [4.78, 5) is 2.61. The molecule has 1 aliphatic heterocycles. The lowest BCUT2D eigenvalue weighted by molar-refractivity contribution is 0.144. The molecule has 1 nitrogen and oxygen atoms in total. The molecule has 1 aliphatic carbocycles. The second-order valence-corrected chi connectivity index (χ2v) is 6.87. The van der Waals surface area contributed by atoms with Crippen LogP contribution in [0.1, 0.15) is 50.5 Å². The maximum atomic E-state index is 3.62. The first-order valence-corrected chi connectivity index (χ1v) is 8.84. The van der Waals surface area contributed by atoms with Crippen molar-refractivity contribution >= 4 is 21.6 Å². The van der Waals surface area contributed by atoms with E-state index in [0.717, 1.165) is 5.33 Å². The summed E-state index contributed by atoms with van der Waals surface area (Å²) in [5.41, 5.74) is 3.59. The van der Waals surface area contributed by atoms with Gasteiger partial charge in [0.1, 0.15) is 0 Å². The highest BCUT2D eigenvalue weighted by Gasteiger charge is 2.35. The van der Waals surface area contributed by atoms with Crippen LogP contribution in [0.4, 0.5) is 5.69 Å². The lowest BCUT2D eigenvalue weighted by atomic mass is 9.68. The highest BCUT2D eigenvalue weighted by Crippen LogP contribution is 2.45. The van der Waals surface area contributed by atoms with Gasteiger partial charge in [0, 0.05) is 24.1 Å². The lowest BCUT2D eigenvalue weighted by Crippen LogP contribution is -2.41. The summed E-state index contributed by atoms with van der Waals surface area (Å²) in [5.74, 6) is 0. The van der Waals surface area contributed by atoms with Gasteiger partial charge in [-0.25, -0.2) is 0 Å². The van der Waals surface area contributed by atoms with Crippen LogP contribution in [0, 0.1) is 5.41 Å². The fourth-order valence-electron chi connectivity index (χ4n) is 3.96. The van der Waals surface area contributed by atoms with E-state index in [9.17, 15) is 0 Å². The Bertz CT molecular complexity index is 413. The first-order valence-electron chi connectivity index (χ1n) is 7.72. The van der Waals surface area contributed by atoms with E-state index in [1.54, 1.807) is 0 Å². The van der Waals surface area contributed by atoms with Crippen molar-refractivity contribution in [3.05, 3.63) is 29.8 Å². The molecule has 0 aromatic heterocycles. The van der Waals surface area contributed by atoms with Crippen molar-refractivity contribution in [3.8, 4) is 0 Å². The van der Waals surface area contributed by atoms with Gasteiger partial charge >= 0.3 is 0 Å². The minimum absolute atomic E-state index is 0.706. The average Bonchev–Trinajstić information content (AvgIpc) is 2.49. The van der Waals surface area contributed by atoms with E-state index < -0.39 is 0 Å². The standard InChI is InChI=1S/C17H24BrN/c18-14-15-6-2-3-7-16(15)19-12-10-17(11-13-19)8-4-1-5-9-17/h2-3,6-7H,1,4-5,8-14H2. The number of rotatable bonds is 2. The molecular formula is C17H24BrN. The first kappa shape index (κ1) is 13.5. The molecular weight excluding hydrogens is 298 g/mol. The third-order valence-electron chi connectivity index (χ3n) is 5.21. The third-order valence-corrected chi connectivity index (χ3v) is 5.82. The number of benzene rings is 1. The molecule has 0 atom stereocenters. The Labute approximate surface area is 125 Å². The van der Waals surface area contributed by atoms with Crippen LogP contribution in [0.2, 0.25) is 0 Å². The average molecular weight is 322 g/mol. The van der Waals surface area contributed by atoms with Gasteiger partial charge in [-0.3, -0.25) is 0 Å². The van der Waals surface area contributed by atoms with Crippen LogP contribution in [0.5, 0.6) is 0 Å². The lowest BCUT2D eigenvalue weighted by Gasteiger charge is -2.45. The molecule has 1 aromatic rings. The predicted octanol–water partition coefficient (Wildman–Crippen LogP) is 5.13. The van der Waals surface area contributed by atoms with Crippen molar-refractivity contribution in [2.45, 2.75) is 50.3 Å². The van der Waals surface area contributed by atoms with Crippen LogP contribution in [-0.4, -0.2) is 13.1 Å². The Balaban J connectivity index is 1.69. The van der Waals surface area contributed by atoms with Gasteiger partial charge in [0.2, 0.25) is 0 Å². The highest BCUT2D eigenvalue weighted by molar-refractivity contribution is 9.08. The minimum atomic E-state index is 0.706. The number of nitrogens with zero attached hydrogens (tertiary/aromatic N) is 1. The Morgan fingerprint density at radius 2 is 1.63 bits per heavy atom. The Morgan fingerprint density at radius 1 is 0.947 bits per heavy atom. The van der Waals surface area contributed by atoms with Crippen molar-refractivity contribution in [1.82, 2.24) is 0 Å². The zero-order chi connectivity index (χ0) is 13.1. The van der Waals surface area contributed by atoms with E-state index in [2.05, 4.69) is 45.1 Å². The van der Waals surface area contributed by atoms with E-state index in [0.29, 0.717) is 5.41 Å². The third kappa shape index (κ3) is 2.84. The number of halogens is 1. The zero-order valence-electron chi connectivity index (χ0n) is 11.7. The summed E-state index contributed by atoms with van der Waals surface area (Å²) in [5, 5.41) is 0.963. The summed E-state index contributed by atoms with van der Waals surface area (Å²) in [6.07, 6.45) is 10.2. The molecule has 0 N–H and O–H groups in total. The minimum Gasteiger partial charge on any atom is -0.371 e. The van der Waals surface area contributed by atoms with Crippen molar-refractivity contribution < 1.29 is 0 Å². The molecule has 1 spiro atoms. The van der Waals surface area contributed by atoms with Gasteiger partial charge in [0.15, 0.2) is 0 Å². The van der Waals surface area contributed by atoms with Gasteiger partial charge in [-0.15, -0.1) is 0 Å². The van der Waals surface area contributed by atoms with Crippen LogP contribution in [-0.2, 0) is 5.33 Å². The van der Waals surface area contributed by atoms with Crippen LogP contribution >= 0.6 is 15.9 Å². The quantitative estimate of drug-likeness (QED) is 0.682. The fraction of sp³-hybridized carbons (Fsp3) is 0.647. The molecule has 104 valence electrons. The van der Waals surface area contributed by atoms with Crippen LogP contribution < -0.4 is 4.90 Å². The second kappa shape index (κ2) is 5.87. The van der Waals surface area contributed by atoms with E-state index in [-0.39, 0.29) is 0 Å². The Kier molecular flexibility index (Phi) is 4.16. The largest absolute Gasteiger partial charge is 0.371 e. The fourth-order valence-corrected chi connectivity index (χ4v) is 4.43. The number of piperidine rings is 1. The number of alkyl halides is 1. The number of hydrogen-bond acceptors (Lipinski definition) is 1. The molecule has 0 amide bonds. The van der Waals surface area contributed by atoms with Crippen molar-refractivity contribution in [2.75, 3.05) is 18.0 Å². The van der Waals surface area contributed by atoms with E-state index in [4.69, 9.17) is 0 Å². The summed E-state index contributed by atoms with van der Waals surface area (Å²) in [7, 11) is 0. The SMILES string of the molecule is BrCc1ccccc1N1CCC2(CCCCC2)CC1. The van der Waals surface area contributed by atoms with Crippen molar-refractivity contribution in [3.63, 3.8) is 0 Å².